The third-order valence-electron chi connectivity index (χ3n) is 11.9. The fourth-order valence-electron chi connectivity index (χ4n) is 8.73. The molecule has 0 bridgehead atoms. The average molecular weight is 766 g/mol. The zero-order chi connectivity index (χ0) is 40.4. The summed E-state index contributed by atoms with van der Waals surface area (Å²) in [5, 5.41) is 15.4. The lowest BCUT2D eigenvalue weighted by Gasteiger charge is -2.47. The van der Waals surface area contributed by atoms with E-state index in [0.29, 0.717) is 6.42 Å². The summed E-state index contributed by atoms with van der Waals surface area (Å²) in [6, 6.07) is 8.70. The molecule has 5 rings (SSSR count). The highest BCUT2D eigenvalue weighted by Crippen LogP contribution is 2.40. The van der Waals surface area contributed by atoms with E-state index in [1.54, 1.807) is 47.7 Å². The number of esters is 1. The Morgan fingerprint density at radius 2 is 1.75 bits per heavy atom. The van der Waals surface area contributed by atoms with E-state index in [4.69, 9.17) is 23.7 Å². The normalized spacial score (nSPS) is 38.1. The summed E-state index contributed by atoms with van der Waals surface area (Å²) in [6.45, 7) is 13.8. The van der Waals surface area contributed by atoms with Crippen LogP contribution in [-0.4, -0.2) is 113 Å². The largest absolute Gasteiger partial charge is 0.458 e. The van der Waals surface area contributed by atoms with Gasteiger partial charge in [-0.1, -0.05) is 58.0 Å². The Morgan fingerprint density at radius 3 is 2.44 bits per heavy atom. The number of pyridine rings is 1. The predicted octanol–water partition coefficient (Wildman–Crippen LogP) is 5.11. The third kappa shape index (κ3) is 8.96. The molecule has 3 aliphatic heterocycles. The Morgan fingerprint density at radius 1 is 1.04 bits per heavy atom. The van der Waals surface area contributed by atoms with Crippen LogP contribution in [0.25, 0.3) is 17.0 Å². The molecule has 3 saturated heterocycles. The number of ketones is 2. The van der Waals surface area contributed by atoms with Crippen molar-refractivity contribution in [2.45, 2.75) is 129 Å². The highest BCUT2D eigenvalue weighted by atomic mass is 16.7. The number of carbonyl (C=O) groups is 4. The van der Waals surface area contributed by atoms with Crippen molar-refractivity contribution < 1.29 is 48.0 Å². The molecule has 0 radical (unpaired) electrons. The standard InChI is InChI=1S/C42H59N3O10/c1-11-32-42(8)36(44-40(50)55-42)25(4)33(46)23(2)21-41(7,51-18-14-15-28-20-29-16-12-13-17-30(29)43-22-28)37(26(5)34(47)27(6)38(49)53-32)54-39-35(48)31(45(9)10)19-24(3)52-39/h12-17,20,22-27,31-32,35-37,39,48H,11,18-19,21H2,1-10H3,(H,44,50)/t23-,24?,25+,26+,27-,31?,32-,35?,36-,37-,39?,41-,42-/m1/s1. The molecule has 4 unspecified atom stereocenters. The van der Waals surface area contributed by atoms with Gasteiger partial charge in [0.15, 0.2) is 17.7 Å². The summed E-state index contributed by atoms with van der Waals surface area (Å²) >= 11 is 0. The topological polar surface area (TPSA) is 163 Å². The molecule has 1 aromatic heterocycles. The number of hydrogen-bond donors (Lipinski definition) is 2. The first-order valence-corrected chi connectivity index (χ1v) is 19.5. The van der Waals surface area contributed by atoms with Gasteiger partial charge in [0.1, 0.15) is 23.9 Å². The molecule has 1 aromatic carbocycles. The van der Waals surface area contributed by atoms with Crippen LogP contribution in [-0.2, 0) is 38.1 Å². The van der Waals surface area contributed by atoms with E-state index < -0.39 is 83.4 Å². The van der Waals surface area contributed by atoms with Crippen LogP contribution in [0, 0.1) is 23.7 Å². The molecule has 0 saturated carbocycles. The minimum Gasteiger partial charge on any atom is -0.458 e. The van der Waals surface area contributed by atoms with Gasteiger partial charge in [0.25, 0.3) is 0 Å². The van der Waals surface area contributed by atoms with Gasteiger partial charge < -0.3 is 39.0 Å². The summed E-state index contributed by atoms with van der Waals surface area (Å²) in [4.78, 5) is 61.8. The molecule has 302 valence electrons. The van der Waals surface area contributed by atoms with E-state index in [9.17, 15) is 24.3 Å². The average Bonchev–Trinajstić information content (AvgIpc) is 3.47. The van der Waals surface area contributed by atoms with Gasteiger partial charge in [-0.2, -0.15) is 0 Å². The minimum absolute atomic E-state index is 0.0612. The smallest absolute Gasteiger partial charge is 0.408 e. The van der Waals surface area contributed by atoms with Crippen molar-refractivity contribution in [1.82, 2.24) is 15.2 Å². The van der Waals surface area contributed by atoms with Gasteiger partial charge >= 0.3 is 12.1 Å². The number of aliphatic hydroxyl groups is 1. The highest BCUT2D eigenvalue weighted by molar-refractivity contribution is 6.00. The Balaban J connectivity index is 1.56. The summed E-state index contributed by atoms with van der Waals surface area (Å²) in [7, 11) is 3.74. The molecule has 3 fully saturated rings. The molecule has 0 aliphatic carbocycles. The first kappa shape index (κ1) is 42.4. The van der Waals surface area contributed by atoms with Crippen LogP contribution in [0.4, 0.5) is 4.79 Å². The number of ether oxygens (including phenoxy) is 5. The number of nitrogens with zero attached hydrogens (tertiary/aromatic N) is 2. The number of aromatic nitrogens is 1. The number of hydrogen-bond acceptors (Lipinski definition) is 12. The number of amides is 1. The molecule has 55 heavy (non-hydrogen) atoms. The number of nitrogens with one attached hydrogen (secondary N) is 1. The van der Waals surface area contributed by atoms with E-state index in [1.807, 2.05) is 68.4 Å². The SMILES string of the molecule is CC[C@H]1OC(=O)[C@H](C)C(=O)[C@H](C)[C@@H](OC2OC(C)CC(N(C)C)C2O)[C@](C)(OCC=Cc2cnc3ccccc3c2)C[C@@H](C)C(=O)[C@H](C)[C@H]2NC(=O)O[C@@]21C. The van der Waals surface area contributed by atoms with Crippen molar-refractivity contribution in [3.63, 3.8) is 0 Å². The molecule has 13 heteroatoms. The number of Topliss-reactive ketones (excluding diaryl/α,β-unsaturated/α-hetero) is 2. The summed E-state index contributed by atoms with van der Waals surface area (Å²) in [5.41, 5.74) is -1.00. The fourth-order valence-corrected chi connectivity index (χ4v) is 8.73. The third-order valence-corrected chi connectivity index (χ3v) is 11.9. The lowest BCUT2D eigenvalue weighted by Crippen LogP contribution is -2.60. The van der Waals surface area contributed by atoms with Gasteiger partial charge in [-0.25, -0.2) is 4.79 Å². The van der Waals surface area contributed by atoms with E-state index in [2.05, 4.69) is 10.3 Å². The van der Waals surface area contributed by atoms with Crippen LogP contribution in [0.1, 0.15) is 80.2 Å². The maximum atomic E-state index is 14.4. The number of likely N-dealkylation sites (N-methyl/N-ethyl adjacent to an activating group) is 1. The molecule has 0 spiro atoms. The lowest BCUT2D eigenvalue weighted by atomic mass is 9.73. The van der Waals surface area contributed by atoms with Gasteiger partial charge in [0.05, 0.1) is 36.0 Å². The van der Waals surface area contributed by atoms with E-state index in [0.717, 1.165) is 16.5 Å². The fraction of sp³-hybridized carbons (Fsp3) is 0.643. The molecule has 1 amide bonds. The van der Waals surface area contributed by atoms with Crippen LogP contribution < -0.4 is 5.32 Å². The Bertz CT molecular complexity index is 1750. The van der Waals surface area contributed by atoms with Crippen molar-refractivity contribution >= 4 is 40.6 Å². The predicted molar refractivity (Wildman–Crippen MR) is 206 cm³/mol. The van der Waals surface area contributed by atoms with Gasteiger partial charge in [-0.15, -0.1) is 0 Å². The molecular formula is C42H59N3O10. The summed E-state index contributed by atoms with van der Waals surface area (Å²) in [6.07, 6.45) is 1.12. The number of alkyl carbamates (subject to hydrolysis) is 1. The molecular weight excluding hydrogens is 706 g/mol. The quantitative estimate of drug-likeness (QED) is 0.270. The lowest BCUT2D eigenvalue weighted by molar-refractivity contribution is -0.296. The number of rotatable bonds is 8. The zero-order valence-electron chi connectivity index (χ0n) is 33.8. The Hall–Kier alpha value is -3.75. The number of carbonyl (C=O) groups excluding carboxylic acids is 4. The van der Waals surface area contributed by atoms with Crippen LogP contribution in [0.15, 0.2) is 42.6 Å². The second-order valence-electron chi connectivity index (χ2n) is 16.4. The number of para-hydroxylation sites is 1. The molecule has 3 aliphatic rings. The number of aliphatic hydroxyl groups excluding tert-OH is 1. The molecule has 13 atom stereocenters. The van der Waals surface area contributed by atoms with Gasteiger partial charge in [0, 0.05) is 35.4 Å². The highest BCUT2D eigenvalue weighted by Gasteiger charge is 2.57. The second-order valence-corrected chi connectivity index (χ2v) is 16.4. The van der Waals surface area contributed by atoms with Gasteiger partial charge in [-0.05, 0) is 78.7 Å². The van der Waals surface area contributed by atoms with Gasteiger partial charge in [-0.3, -0.25) is 19.4 Å². The maximum Gasteiger partial charge on any atom is 0.408 e. The van der Waals surface area contributed by atoms with Crippen molar-refractivity contribution in [2.24, 2.45) is 23.7 Å². The Kier molecular flexibility index (Phi) is 13.2. The number of benzene rings is 1. The van der Waals surface area contributed by atoms with Crippen LogP contribution in [0.2, 0.25) is 0 Å². The summed E-state index contributed by atoms with van der Waals surface area (Å²) < 4.78 is 31.4. The second kappa shape index (κ2) is 17.2. The first-order valence-electron chi connectivity index (χ1n) is 19.5. The van der Waals surface area contributed by atoms with E-state index in [-0.39, 0.29) is 37.4 Å². The monoisotopic (exact) mass is 765 g/mol. The minimum atomic E-state index is -1.38. The molecule has 4 heterocycles. The van der Waals surface area contributed by atoms with Crippen LogP contribution >= 0.6 is 0 Å². The maximum absolute atomic E-state index is 14.4. The molecule has 13 nitrogen and oxygen atoms in total. The van der Waals surface area contributed by atoms with Gasteiger partial charge in [0.2, 0.25) is 0 Å². The van der Waals surface area contributed by atoms with Crippen molar-refractivity contribution in [3.05, 3.63) is 48.2 Å². The van der Waals surface area contributed by atoms with Crippen molar-refractivity contribution in [3.8, 4) is 0 Å². The van der Waals surface area contributed by atoms with Crippen LogP contribution in [0.3, 0.4) is 0 Å². The molecule has 2 N–H and O–H groups in total. The van der Waals surface area contributed by atoms with Crippen molar-refractivity contribution in [2.75, 3.05) is 20.7 Å². The number of fused-ring (bicyclic) bond motifs is 2. The zero-order valence-corrected chi connectivity index (χ0v) is 33.8. The van der Waals surface area contributed by atoms with Crippen LogP contribution in [0.5, 0.6) is 0 Å². The summed E-state index contributed by atoms with van der Waals surface area (Å²) in [5.74, 6) is -5.12. The van der Waals surface area contributed by atoms with Crippen molar-refractivity contribution in [1.29, 1.82) is 0 Å². The first-order chi connectivity index (χ1) is 25.9. The number of cyclic esters (lactones) is 1. The Labute approximate surface area is 324 Å². The molecule has 2 aromatic rings. The van der Waals surface area contributed by atoms with E-state index in [1.165, 1.54) is 6.92 Å². The van der Waals surface area contributed by atoms with E-state index >= 15 is 0 Å².